The van der Waals surface area contributed by atoms with Gasteiger partial charge in [0.2, 0.25) is 0 Å². The lowest BCUT2D eigenvalue weighted by Crippen LogP contribution is -2.31. The molecule has 0 aromatic heterocycles. The van der Waals surface area contributed by atoms with Crippen molar-refractivity contribution in [1.29, 1.82) is 5.26 Å². The fourth-order valence-electron chi connectivity index (χ4n) is 4.40. The van der Waals surface area contributed by atoms with Gasteiger partial charge in [0, 0.05) is 17.0 Å². The number of halogens is 1. The summed E-state index contributed by atoms with van der Waals surface area (Å²) in [6.45, 7) is 10.6. The molecule has 0 N–H and O–H groups in total. The van der Waals surface area contributed by atoms with Crippen LogP contribution in [0.5, 0.6) is 0 Å². The highest BCUT2D eigenvalue weighted by atomic mass is 35.5. The zero-order valence-electron chi connectivity index (χ0n) is 17.0. The van der Waals surface area contributed by atoms with Gasteiger partial charge in [0.25, 0.3) is 0 Å². The molecule has 0 amide bonds. The zero-order chi connectivity index (χ0) is 19.8. The highest BCUT2D eigenvalue weighted by Crippen LogP contribution is 2.43. The van der Waals surface area contributed by atoms with Crippen molar-refractivity contribution < 1.29 is 0 Å². The van der Waals surface area contributed by atoms with Gasteiger partial charge in [-0.05, 0) is 66.2 Å². The predicted octanol–water partition coefficient (Wildman–Crippen LogP) is 6.08. The molecule has 142 valence electrons. The number of likely N-dealkylation sites (N-methyl/N-ethyl adjacent to an activating group) is 1. The summed E-state index contributed by atoms with van der Waals surface area (Å²) in [4.78, 5) is 2.37. The molecule has 0 aliphatic carbocycles. The third-order valence-corrected chi connectivity index (χ3v) is 6.28. The summed E-state index contributed by atoms with van der Waals surface area (Å²) in [5, 5.41) is 10.5. The Labute approximate surface area is 168 Å². The van der Waals surface area contributed by atoms with Crippen LogP contribution in [0.1, 0.15) is 73.8 Å². The number of hydrogen-bond acceptors (Lipinski definition) is 2. The molecule has 0 saturated carbocycles. The van der Waals surface area contributed by atoms with Crippen LogP contribution in [-0.2, 0) is 5.41 Å². The Hall–Kier alpha value is -1.82. The second-order valence-electron chi connectivity index (χ2n) is 8.53. The first-order chi connectivity index (χ1) is 12.8. The normalized spacial score (nSPS) is 20.4. The summed E-state index contributed by atoms with van der Waals surface area (Å²) >= 11 is 6.67. The van der Waals surface area contributed by atoms with Crippen LogP contribution in [0.15, 0.2) is 36.4 Å². The van der Waals surface area contributed by atoms with Crippen LogP contribution in [-0.4, -0.2) is 25.0 Å². The summed E-state index contributed by atoms with van der Waals surface area (Å²) in [5.74, 6) is 0.750. The molecule has 0 spiro atoms. The molecule has 2 aromatic rings. The fraction of sp³-hybridized carbons (Fsp3) is 0.458. The van der Waals surface area contributed by atoms with E-state index in [0.29, 0.717) is 16.5 Å². The first-order valence-electron chi connectivity index (χ1n) is 9.81. The van der Waals surface area contributed by atoms with Crippen LogP contribution in [0, 0.1) is 11.3 Å². The van der Waals surface area contributed by atoms with Crippen molar-refractivity contribution in [3.05, 3.63) is 69.2 Å². The number of nitriles is 1. The van der Waals surface area contributed by atoms with Gasteiger partial charge < -0.3 is 4.90 Å². The van der Waals surface area contributed by atoms with E-state index in [0.717, 1.165) is 30.6 Å². The molecule has 1 unspecified atom stereocenters. The van der Waals surface area contributed by atoms with Gasteiger partial charge in [-0.3, -0.25) is 0 Å². The number of rotatable bonds is 4. The summed E-state index contributed by atoms with van der Waals surface area (Å²) in [6.07, 6.45) is 1.03. The maximum Gasteiger partial charge on any atom is 0.0995 e. The van der Waals surface area contributed by atoms with E-state index >= 15 is 0 Å². The van der Waals surface area contributed by atoms with Crippen LogP contribution in [0.4, 0.5) is 0 Å². The molecule has 3 rings (SSSR count). The first kappa shape index (κ1) is 19.9. The Bertz CT molecular complexity index is 861. The Balaban J connectivity index is 2.16. The Kier molecular flexibility index (Phi) is 5.65. The zero-order valence-corrected chi connectivity index (χ0v) is 17.8. The maximum absolute atomic E-state index is 9.74. The number of benzene rings is 2. The van der Waals surface area contributed by atoms with Crippen molar-refractivity contribution in [2.75, 3.05) is 20.1 Å². The smallest absolute Gasteiger partial charge is 0.0995 e. The lowest BCUT2D eigenvalue weighted by Gasteiger charge is -2.32. The molecule has 1 atom stereocenters. The second-order valence-corrected chi connectivity index (χ2v) is 8.94. The molecule has 2 aromatic carbocycles. The van der Waals surface area contributed by atoms with Crippen molar-refractivity contribution in [2.24, 2.45) is 0 Å². The predicted molar refractivity (Wildman–Crippen MR) is 114 cm³/mol. The van der Waals surface area contributed by atoms with Gasteiger partial charge in [-0.1, -0.05) is 63.6 Å². The van der Waals surface area contributed by atoms with Gasteiger partial charge >= 0.3 is 0 Å². The fourth-order valence-corrected chi connectivity index (χ4v) is 4.84. The largest absolute Gasteiger partial charge is 0.305 e. The molecule has 1 saturated heterocycles. The van der Waals surface area contributed by atoms with Crippen molar-refractivity contribution in [3.63, 3.8) is 0 Å². The SMILES string of the molecule is CC(C)c1ccc(C2(c3cc(Cl)c(C(C)C)c(C#N)c3)CCN(C)C2)cc1. The third-order valence-electron chi connectivity index (χ3n) is 5.97. The molecule has 2 nitrogen and oxygen atoms in total. The summed E-state index contributed by atoms with van der Waals surface area (Å²) in [6, 6.07) is 15.6. The Morgan fingerprint density at radius 1 is 1.04 bits per heavy atom. The maximum atomic E-state index is 9.74. The van der Waals surface area contributed by atoms with Crippen LogP contribution in [0.3, 0.4) is 0 Å². The lowest BCUT2D eigenvalue weighted by atomic mass is 9.72. The highest BCUT2D eigenvalue weighted by Gasteiger charge is 2.40. The van der Waals surface area contributed by atoms with Gasteiger partial charge in [0.05, 0.1) is 11.6 Å². The van der Waals surface area contributed by atoms with E-state index in [4.69, 9.17) is 11.6 Å². The highest BCUT2D eigenvalue weighted by molar-refractivity contribution is 6.31. The number of hydrogen-bond donors (Lipinski definition) is 0. The molecule has 0 bridgehead atoms. The van der Waals surface area contributed by atoms with E-state index in [1.54, 1.807) is 0 Å². The third kappa shape index (κ3) is 3.64. The average Bonchev–Trinajstić information content (AvgIpc) is 3.03. The molecule has 0 radical (unpaired) electrons. The van der Waals surface area contributed by atoms with E-state index in [-0.39, 0.29) is 11.3 Å². The van der Waals surface area contributed by atoms with Crippen molar-refractivity contribution >= 4 is 11.6 Å². The molecule has 1 heterocycles. The minimum absolute atomic E-state index is 0.116. The van der Waals surface area contributed by atoms with E-state index in [1.807, 2.05) is 0 Å². The van der Waals surface area contributed by atoms with Crippen molar-refractivity contribution in [2.45, 2.75) is 51.4 Å². The number of likely N-dealkylation sites (tertiary alicyclic amines) is 1. The molecule has 27 heavy (non-hydrogen) atoms. The minimum Gasteiger partial charge on any atom is -0.305 e. The topological polar surface area (TPSA) is 27.0 Å². The van der Waals surface area contributed by atoms with E-state index in [9.17, 15) is 5.26 Å². The van der Waals surface area contributed by atoms with E-state index in [1.165, 1.54) is 11.1 Å². The van der Waals surface area contributed by atoms with Gasteiger partial charge in [-0.15, -0.1) is 0 Å². The lowest BCUT2D eigenvalue weighted by molar-refractivity contribution is 0.391. The van der Waals surface area contributed by atoms with Gasteiger partial charge in [0.15, 0.2) is 0 Å². The van der Waals surface area contributed by atoms with Crippen LogP contribution >= 0.6 is 11.6 Å². The summed E-state index contributed by atoms with van der Waals surface area (Å²) < 4.78 is 0. The molecule has 1 aliphatic rings. The monoisotopic (exact) mass is 380 g/mol. The second kappa shape index (κ2) is 7.66. The molecule has 1 aliphatic heterocycles. The number of nitrogens with zero attached hydrogens (tertiary/aromatic N) is 2. The van der Waals surface area contributed by atoms with Crippen molar-refractivity contribution in [3.8, 4) is 6.07 Å². The Morgan fingerprint density at radius 2 is 1.70 bits per heavy atom. The van der Waals surface area contributed by atoms with E-state index < -0.39 is 0 Å². The van der Waals surface area contributed by atoms with Crippen LogP contribution < -0.4 is 0 Å². The van der Waals surface area contributed by atoms with Gasteiger partial charge in [-0.25, -0.2) is 0 Å². The van der Waals surface area contributed by atoms with Crippen LogP contribution in [0.25, 0.3) is 0 Å². The van der Waals surface area contributed by atoms with Gasteiger partial charge in [0.1, 0.15) is 0 Å². The van der Waals surface area contributed by atoms with Crippen molar-refractivity contribution in [1.82, 2.24) is 4.90 Å². The average molecular weight is 381 g/mol. The first-order valence-corrected chi connectivity index (χ1v) is 10.2. The quantitative estimate of drug-likeness (QED) is 0.642. The molecule has 3 heteroatoms. The van der Waals surface area contributed by atoms with E-state index in [2.05, 4.69) is 82.1 Å². The summed E-state index contributed by atoms with van der Waals surface area (Å²) in [5.41, 5.74) is 5.38. The van der Waals surface area contributed by atoms with Crippen LogP contribution in [0.2, 0.25) is 5.02 Å². The molecular formula is C24H29ClN2. The summed E-state index contributed by atoms with van der Waals surface area (Å²) in [7, 11) is 2.17. The Morgan fingerprint density at radius 3 is 2.19 bits per heavy atom. The molecule has 1 fully saturated rings. The van der Waals surface area contributed by atoms with Gasteiger partial charge in [-0.2, -0.15) is 5.26 Å². The standard InChI is InChI=1S/C24H29ClN2/c1-16(2)18-6-8-20(9-7-18)24(10-11-27(5)15-24)21-12-19(14-26)23(17(3)4)22(25)13-21/h6-9,12-13,16-17H,10-11,15H2,1-5H3. The minimum atomic E-state index is -0.116. The molecular weight excluding hydrogens is 352 g/mol.